The largest absolute Gasteiger partial charge is 0.497 e. The first kappa shape index (κ1) is 40.4. The number of furan rings is 1. The molecular formula is C43H51N5O10S. The van der Waals surface area contributed by atoms with E-state index in [9.17, 15) is 27.6 Å². The molecule has 0 spiro atoms. The van der Waals surface area contributed by atoms with Crippen LogP contribution in [0.1, 0.15) is 77.7 Å². The summed E-state index contributed by atoms with van der Waals surface area (Å²) in [6, 6.07) is 9.08. The number of rotatable bonds is 14. The molecule has 5 atom stereocenters. The Kier molecular flexibility index (Phi) is 10.7. The minimum atomic E-state index is -3.92. The van der Waals surface area contributed by atoms with E-state index in [4.69, 9.17) is 23.6 Å². The van der Waals surface area contributed by atoms with Gasteiger partial charge in [0.05, 0.1) is 24.4 Å². The van der Waals surface area contributed by atoms with Crippen molar-refractivity contribution < 1.29 is 46.2 Å². The number of nitrogens with zero attached hydrogens (tertiary/aromatic N) is 2. The summed E-state index contributed by atoms with van der Waals surface area (Å²) in [5.41, 5.74) is 1.69. The number of hydrogen-bond donors (Lipinski definition) is 3. The smallest absolute Gasteiger partial charge is 0.408 e. The third kappa shape index (κ3) is 7.78. The molecule has 0 bridgehead atoms. The van der Waals surface area contributed by atoms with Crippen molar-refractivity contribution in [3.05, 3.63) is 54.6 Å². The number of fused-ring (bicyclic) bond motifs is 4. The molecule has 1 aliphatic heterocycles. The minimum absolute atomic E-state index is 0.00654. The Labute approximate surface area is 342 Å². The minimum Gasteiger partial charge on any atom is -0.497 e. The van der Waals surface area contributed by atoms with E-state index in [2.05, 4.69) is 28.9 Å². The lowest BCUT2D eigenvalue weighted by Gasteiger charge is -2.31. The lowest BCUT2D eigenvalue weighted by molar-refractivity contribution is -0.141. The third-order valence-electron chi connectivity index (χ3n) is 12.2. The molecule has 3 saturated carbocycles. The Morgan fingerprint density at radius 2 is 1.81 bits per heavy atom. The average Bonchev–Trinajstić information content (AvgIpc) is 4.04. The second-order valence-electron chi connectivity index (χ2n) is 16.6. The second-order valence-corrected chi connectivity index (χ2v) is 18.6. The molecule has 2 aromatic carbocycles. The zero-order chi connectivity index (χ0) is 41.8. The molecule has 4 aliphatic rings. The molecule has 8 rings (SSSR count). The number of carbonyl (C=O) groups excluding carboxylic acids is 4. The van der Waals surface area contributed by atoms with Gasteiger partial charge in [0.1, 0.15) is 46.7 Å². The van der Waals surface area contributed by atoms with Crippen molar-refractivity contribution in [2.75, 3.05) is 13.7 Å². The number of amides is 4. The predicted molar refractivity (Wildman–Crippen MR) is 219 cm³/mol. The Hall–Kier alpha value is -5.38. The standard InChI is InChI=1S/C43H51N5O10S/c1-6-24-12-17-34-31(18-24)36-38(58-34)37(30-16-13-27(55-5)19-32(30)44-36)56-28-20-33(39(49)46-43(21-25(43)7-2)41(51)47-59(53,54)29-14-15-29)48(22-28)40(50)35(23(3)4)45-42(52)57-26-10-8-9-11-26/h7,12-13,16-19,23,25-26,28-29,33,35H,2,6,8-11,14-15,20-22H2,1,3-5H3,(H,45,52)(H,46,49)(H,47,51)/t25-,28-,33+,35+,43-/m1/s1. The fraction of sp³-hybridized carbons (Fsp3) is 0.512. The van der Waals surface area contributed by atoms with Crippen LogP contribution in [0.4, 0.5) is 4.79 Å². The fourth-order valence-electron chi connectivity index (χ4n) is 8.47. The number of alkyl carbamates (subject to hydrolysis) is 1. The number of aromatic nitrogens is 1. The first-order chi connectivity index (χ1) is 28.2. The molecular weight excluding hydrogens is 779 g/mol. The SMILES string of the molecule is C=C[C@@H]1C[C@]1(NC(=O)[C@@H]1C[C@@H](Oc2c3ccc(OC)cc3nc3c2oc2ccc(CC)cc23)CN1C(=O)[C@@H](NC(=O)OC1CCCC1)C(C)C)C(=O)NS(=O)(=O)C1CC1. The highest BCUT2D eigenvalue weighted by Gasteiger charge is 2.62. The Morgan fingerprint density at radius 1 is 1.05 bits per heavy atom. The zero-order valence-corrected chi connectivity index (χ0v) is 34.6. The topological polar surface area (TPSA) is 195 Å². The summed E-state index contributed by atoms with van der Waals surface area (Å²) in [5.74, 6) is -2.04. The number of methoxy groups -OCH3 is 1. The number of ether oxygens (including phenoxy) is 3. The molecule has 4 amide bonds. The van der Waals surface area contributed by atoms with Crippen LogP contribution in [0.2, 0.25) is 0 Å². The van der Waals surface area contributed by atoms with Crippen molar-refractivity contribution in [2.45, 2.75) is 114 Å². The number of carbonyl (C=O) groups is 4. The van der Waals surface area contributed by atoms with Crippen molar-refractivity contribution in [3.63, 3.8) is 0 Å². The summed E-state index contributed by atoms with van der Waals surface area (Å²) in [7, 11) is -2.35. The molecule has 2 aromatic heterocycles. The molecule has 15 nitrogen and oxygen atoms in total. The van der Waals surface area contributed by atoms with Gasteiger partial charge >= 0.3 is 6.09 Å². The molecule has 1 saturated heterocycles. The van der Waals surface area contributed by atoms with Gasteiger partial charge in [-0.2, -0.15) is 0 Å². The van der Waals surface area contributed by atoms with E-state index < -0.39 is 74.7 Å². The maximum Gasteiger partial charge on any atom is 0.408 e. The maximum atomic E-state index is 14.7. The van der Waals surface area contributed by atoms with Gasteiger partial charge in [-0.15, -0.1) is 6.58 Å². The fourth-order valence-corrected chi connectivity index (χ4v) is 9.83. The molecule has 4 fully saturated rings. The molecule has 3 heterocycles. The first-order valence-electron chi connectivity index (χ1n) is 20.5. The molecule has 0 unspecified atom stereocenters. The lowest BCUT2D eigenvalue weighted by Crippen LogP contribution is -2.59. The summed E-state index contributed by atoms with van der Waals surface area (Å²) < 4.78 is 52.2. The van der Waals surface area contributed by atoms with E-state index in [-0.39, 0.29) is 25.5 Å². The predicted octanol–water partition coefficient (Wildman–Crippen LogP) is 5.42. The van der Waals surface area contributed by atoms with Crippen LogP contribution >= 0.6 is 0 Å². The van der Waals surface area contributed by atoms with Gasteiger partial charge in [0, 0.05) is 29.2 Å². The summed E-state index contributed by atoms with van der Waals surface area (Å²) >= 11 is 0. The van der Waals surface area contributed by atoms with E-state index in [1.165, 1.54) is 11.0 Å². The van der Waals surface area contributed by atoms with E-state index in [0.717, 1.165) is 43.1 Å². The number of likely N-dealkylation sites (tertiary alicyclic amines) is 1. The van der Waals surface area contributed by atoms with Gasteiger partial charge in [-0.25, -0.2) is 18.2 Å². The Morgan fingerprint density at radius 3 is 2.47 bits per heavy atom. The average molecular weight is 830 g/mol. The molecule has 3 N–H and O–H groups in total. The van der Waals surface area contributed by atoms with Crippen molar-refractivity contribution in [3.8, 4) is 11.5 Å². The third-order valence-corrected chi connectivity index (χ3v) is 14.0. The number of aryl methyl sites for hydroxylation is 1. The van der Waals surface area contributed by atoms with E-state index in [1.54, 1.807) is 33.1 Å². The van der Waals surface area contributed by atoms with Crippen LogP contribution in [0.25, 0.3) is 33.0 Å². The highest BCUT2D eigenvalue weighted by Crippen LogP contribution is 2.46. The van der Waals surface area contributed by atoms with Gasteiger partial charge in [-0.05, 0) is 87.1 Å². The van der Waals surface area contributed by atoms with Crippen LogP contribution in [0, 0.1) is 11.8 Å². The molecule has 4 aromatic rings. The summed E-state index contributed by atoms with van der Waals surface area (Å²) in [6.07, 6.45) is 5.02. The van der Waals surface area contributed by atoms with Crippen molar-refractivity contribution in [1.29, 1.82) is 0 Å². The Bertz CT molecular complexity index is 2460. The van der Waals surface area contributed by atoms with Crippen LogP contribution in [-0.2, 0) is 35.6 Å². The Balaban J connectivity index is 1.14. The van der Waals surface area contributed by atoms with Gasteiger partial charge in [0.2, 0.25) is 21.8 Å². The normalized spacial score (nSPS) is 23.7. The van der Waals surface area contributed by atoms with Crippen molar-refractivity contribution in [2.24, 2.45) is 11.8 Å². The van der Waals surface area contributed by atoms with Gasteiger partial charge in [0.25, 0.3) is 5.91 Å². The molecule has 0 radical (unpaired) electrons. The molecule has 3 aliphatic carbocycles. The van der Waals surface area contributed by atoms with Crippen LogP contribution < -0.4 is 24.8 Å². The quantitative estimate of drug-likeness (QED) is 0.138. The van der Waals surface area contributed by atoms with Crippen LogP contribution in [0.3, 0.4) is 0 Å². The van der Waals surface area contributed by atoms with Crippen LogP contribution in [0.5, 0.6) is 11.5 Å². The molecule has 314 valence electrons. The molecule has 16 heteroatoms. The van der Waals surface area contributed by atoms with E-state index in [1.807, 2.05) is 24.3 Å². The second kappa shape index (κ2) is 15.7. The number of sulfonamides is 1. The number of pyridine rings is 1. The number of nitrogens with one attached hydrogen (secondary N) is 3. The van der Waals surface area contributed by atoms with Gasteiger partial charge in [0.15, 0.2) is 11.3 Å². The summed E-state index contributed by atoms with van der Waals surface area (Å²) in [4.78, 5) is 62.3. The van der Waals surface area contributed by atoms with Crippen molar-refractivity contribution in [1.82, 2.24) is 25.2 Å². The van der Waals surface area contributed by atoms with Crippen molar-refractivity contribution >= 4 is 66.8 Å². The van der Waals surface area contributed by atoms with E-state index in [0.29, 0.717) is 51.9 Å². The van der Waals surface area contributed by atoms with E-state index >= 15 is 0 Å². The highest BCUT2D eigenvalue weighted by atomic mass is 32.2. The summed E-state index contributed by atoms with van der Waals surface area (Å²) in [5, 5.41) is 6.36. The maximum absolute atomic E-state index is 14.7. The zero-order valence-electron chi connectivity index (χ0n) is 33.7. The lowest BCUT2D eigenvalue weighted by atomic mass is 10.0. The van der Waals surface area contributed by atoms with Crippen LogP contribution in [0.15, 0.2) is 53.5 Å². The highest BCUT2D eigenvalue weighted by molar-refractivity contribution is 7.91. The summed E-state index contributed by atoms with van der Waals surface area (Å²) in [6.45, 7) is 9.38. The van der Waals surface area contributed by atoms with Gasteiger partial charge in [-0.3, -0.25) is 19.1 Å². The van der Waals surface area contributed by atoms with Gasteiger partial charge in [-0.1, -0.05) is 32.9 Å². The van der Waals surface area contributed by atoms with Crippen LogP contribution in [-0.4, -0.2) is 90.9 Å². The monoisotopic (exact) mass is 829 g/mol. The molecule has 59 heavy (non-hydrogen) atoms. The first-order valence-corrected chi connectivity index (χ1v) is 22.1. The number of hydrogen-bond acceptors (Lipinski definition) is 11. The van der Waals surface area contributed by atoms with Gasteiger partial charge < -0.3 is 34.2 Å². The number of benzene rings is 2.